The molecular formula is C23H26N2. The molecule has 0 bridgehead atoms. The summed E-state index contributed by atoms with van der Waals surface area (Å²) in [7, 11) is 0. The van der Waals surface area contributed by atoms with Crippen LogP contribution in [0.2, 0.25) is 0 Å². The van der Waals surface area contributed by atoms with E-state index in [0.29, 0.717) is 0 Å². The van der Waals surface area contributed by atoms with Gasteiger partial charge in [-0.1, -0.05) is 74.2 Å². The van der Waals surface area contributed by atoms with Gasteiger partial charge >= 0.3 is 0 Å². The van der Waals surface area contributed by atoms with Crippen molar-refractivity contribution in [2.24, 2.45) is 0 Å². The highest BCUT2D eigenvalue weighted by atomic mass is 15.3. The second-order valence-electron chi connectivity index (χ2n) is 7.01. The molecule has 0 saturated carbocycles. The summed E-state index contributed by atoms with van der Waals surface area (Å²) in [4.78, 5) is 0. The van der Waals surface area contributed by atoms with Crippen LogP contribution in [0, 0.1) is 0 Å². The Balaban J connectivity index is 1.87. The van der Waals surface area contributed by atoms with Crippen LogP contribution < -0.4 is 0 Å². The van der Waals surface area contributed by atoms with Crippen molar-refractivity contribution in [2.45, 2.75) is 51.4 Å². The van der Waals surface area contributed by atoms with Gasteiger partial charge in [0.2, 0.25) is 0 Å². The Morgan fingerprint density at radius 2 is 1.24 bits per heavy atom. The highest BCUT2D eigenvalue weighted by Gasteiger charge is 2.20. The van der Waals surface area contributed by atoms with Crippen LogP contribution in [0.5, 0.6) is 0 Å². The summed E-state index contributed by atoms with van der Waals surface area (Å²) in [5.41, 5.74) is 6.50. The van der Waals surface area contributed by atoms with Gasteiger partial charge in [0.15, 0.2) is 0 Å². The first-order valence-electron chi connectivity index (χ1n) is 9.65. The Hall–Kier alpha value is -2.35. The molecule has 0 saturated heterocycles. The average molecular weight is 330 g/mol. The smallest absolute Gasteiger partial charge is 0.0775 e. The third kappa shape index (κ3) is 3.53. The number of aryl methyl sites for hydroxylation is 1. The van der Waals surface area contributed by atoms with Gasteiger partial charge in [-0.3, -0.25) is 0 Å². The van der Waals surface area contributed by atoms with E-state index in [1.54, 1.807) is 0 Å². The first-order chi connectivity index (χ1) is 12.4. The van der Waals surface area contributed by atoms with E-state index in [4.69, 9.17) is 5.10 Å². The number of para-hydroxylation sites is 1. The van der Waals surface area contributed by atoms with Gasteiger partial charge in [0.05, 0.1) is 17.1 Å². The van der Waals surface area contributed by atoms with Crippen molar-refractivity contribution in [3.8, 4) is 16.9 Å². The van der Waals surface area contributed by atoms with E-state index >= 15 is 0 Å². The van der Waals surface area contributed by atoms with Gasteiger partial charge in [-0.15, -0.1) is 0 Å². The molecule has 25 heavy (non-hydrogen) atoms. The molecule has 1 aliphatic carbocycles. The Morgan fingerprint density at radius 3 is 1.96 bits per heavy atom. The van der Waals surface area contributed by atoms with Crippen molar-refractivity contribution >= 4 is 0 Å². The number of hydrogen-bond donors (Lipinski definition) is 0. The maximum absolute atomic E-state index is 5.09. The Bertz CT molecular complexity index is 803. The van der Waals surface area contributed by atoms with Gasteiger partial charge in [0.1, 0.15) is 0 Å². The third-order valence-electron chi connectivity index (χ3n) is 5.21. The van der Waals surface area contributed by atoms with E-state index in [2.05, 4.69) is 65.3 Å². The van der Waals surface area contributed by atoms with Crippen LogP contribution in [0.25, 0.3) is 16.9 Å². The van der Waals surface area contributed by atoms with Crippen LogP contribution in [0.4, 0.5) is 0 Å². The minimum atomic E-state index is 1.11. The van der Waals surface area contributed by atoms with Crippen molar-refractivity contribution in [2.75, 3.05) is 0 Å². The fraction of sp³-hybridized carbons (Fsp3) is 0.348. The van der Waals surface area contributed by atoms with Crippen molar-refractivity contribution in [1.29, 1.82) is 0 Å². The Labute approximate surface area is 150 Å². The lowest BCUT2D eigenvalue weighted by Gasteiger charge is -2.11. The van der Waals surface area contributed by atoms with Gasteiger partial charge in [-0.2, -0.15) is 5.10 Å². The van der Waals surface area contributed by atoms with Gasteiger partial charge in [0, 0.05) is 11.1 Å². The lowest BCUT2D eigenvalue weighted by molar-refractivity contribution is 0.578. The van der Waals surface area contributed by atoms with E-state index < -0.39 is 0 Å². The van der Waals surface area contributed by atoms with Crippen molar-refractivity contribution in [1.82, 2.24) is 9.78 Å². The first-order valence-corrected chi connectivity index (χ1v) is 9.65. The number of benzene rings is 2. The predicted octanol–water partition coefficient (Wildman–Crippen LogP) is 5.98. The zero-order valence-electron chi connectivity index (χ0n) is 14.8. The predicted molar refractivity (Wildman–Crippen MR) is 104 cm³/mol. The number of fused-ring (bicyclic) bond motifs is 1. The van der Waals surface area contributed by atoms with Crippen molar-refractivity contribution in [3.63, 3.8) is 0 Å². The van der Waals surface area contributed by atoms with Gasteiger partial charge in [-0.25, -0.2) is 4.68 Å². The minimum absolute atomic E-state index is 1.11. The maximum atomic E-state index is 5.09. The molecule has 0 fully saturated rings. The van der Waals surface area contributed by atoms with Crippen molar-refractivity contribution < 1.29 is 0 Å². The molecular weight excluding hydrogens is 304 g/mol. The molecule has 0 radical (unpaired) electrons. The fourth-order valence-electron chi connectivity index (χ4n) is 3.91. The van der Waals surface area contributed by atoms with Gasteiger partial charge in [-0.05, 0) is 37.8 Å². The number of aromatic nitrogens is 2. The van der Waals surface area contributed by atoms with E-state index in [9.17, 15) is 0 Å². The zero-order valence-corrected chi connectivity index (χ0v) is 14.8. The Kier molecular flexibility index (Phi) is 4.96. The topological polar surface area (TPSA) is 17.8 Å². The second kappa shape index (κ2) is 7.69. The van der Waals surface area contributed by atoms with Crippen molar-refractivity contribution in [3.05, 3.63) is 71.9 Å². The quantitative estimate of drug-likeness (QED) is 0.565. The molecule has 0 atom stereocenters. The summed E-state index contributed by atoms with van der Waals surface area (Å²) in [6.45, 7) is 0. The molecule has 3 aromatic rings. The van der Waals surface area contributed by atoms with Crippen LogP contribution >= 0.6 is 0 Å². The van der Waals surface area contributed by atoms with Gasteiger partial charge in [0.25, 0.3) is 0 Å². The first kappa shape index (κ1) is 16.1. The second-order valence-corrected chi connectivity index (χ2v) is 7.01. The lowest BCUT2D eigenvalue weighted by Crippen LogP contribution is -2.00. The molecule has 128 valence electrons. The third-order valence-corrected chi connectivity index (χ3v) is 5.21. The van der Waals surface area contributed by atoms with Crippen LogP contribution in [-0.4, -0.2) is 9.78 Å². The van der Waals surface area contributed by atoms with Crippen LogP contribution in [0.3, 0.4) is 0 Å². The summed E-state index contributed by atoms with van der Waals surface area (Å²) in [5.74, 6) is 0. The minimum Gasteiger partial charge on any atom is -0.233 e. The number of nitrogens with zero attached hydrogens (tertiary/aromatic N) is 2. The normalized spacial score (nSPS) is 15.5. The molecule has 0 aliphatic heterocycles. The summed E-state index contributed by atoms with van der Waals surface area (Å²) in [6.07, 6.45) is 10.2. The monoisotopic (exact) mass is 330 g/mol. The summed E-state index contributed by atoms with van der Waals surface area (Å²) in [5, 5.41) is 5.09. The van der Waals surface area contributed by atoms with Gasteiger partial charge < -0.3 is 0 Å². The molecule has 0 unspecified atom stereocenters. The fourth-order valence-corrected chi connectivity index (χ4v) is 3.91. The molecule has 1 heterocycles. The SMILES string of the molecule is c1ccc(-c2c3c(nn2-c2ccccc2)CCCCCCCC3)cc1. The van der Waals surface area contributed by atoms with E-state index in [1.807, 2.05) is 0 Å². The molecule has 2 nitrogen and oxygen atoms in total. The maximum Gasteiger partial charge on any atom is 0.0775 e. The number of rotatable bonds is 2. The van der Waals surface area contributed by atoms with E-state index in [-0.39, 0.29) is 0 Å². The molecule has 0 N–H and O–H groups in total. The average Bonchev–Trinajstić information content (AvgIpc) is 3.05. The standard InChI is InChI=1S/C23H26N2/c1-2-4-12-18-22-21(17-11-3-1)23(19-13-7-5-8-14-19)25(24-22)20-15-9-6-10-16-20/h5-10,13-16H,1-4,11-12,17-18H2. The highest BCUT2D eigenvalue weighted by Crippen LogP contribution is 2.32. The largest absolute Gasteiger partial charge is 0.233 e. The number of hydrogen-bond acceptors (Lipinski definition) is 1. The molecule has 2 heteroatoms. The molecule has 0 spiro atoms. The summed E-state index contributed by atoms with van der Waals surface area (Å²) in [6, 6.07) is 21.4. The van der Waals surface area contributed by atoms with Crippen LogP contribution in [0.15, 0.2) is 60.7 Å². The van der Waals surface area contributed by atoms with Crippen LogP contribution in [0.1, 0.15) is 49.8 Å². The molecule has 1 aliphatic rings. The van der Waals surface area contributed by atoms with E-state index in [0.717, 1.165) is 18.5 Å². The highest BCUT2D eigenvalue weighted by molar-refractivity contribution is 5.67. The molecule has 0 amide bonds. The molecule has 4 rings (SSSR count). The summed E-state index contributed by atoms with van der Waals surface area (Å²) >= 11 is 0. The molecule has 2 aromatic carbocycles. The zero-order chi connectivity index (χ0) is 16.9. The van der Waals surface area contributed by atoms with Crippen LogP contribution in [-0.2, 0) is 12.8 Å². The lowest BCUT2D eigenvalue weighted by atomic mass is 9.95. The Morgan fingerprint density at radius 1 is 0.640 bits per heavy atom. The van der Waals surface area contributed by atoms with E-state index in [1.165, 1.54) is 61.0 Å². The molecule has 1 aromatic heterocycles. The summed E-state index contributed by atoms with van der Waals surface area (Å²) < 4.78 is 2.18.